The zero-order valence-corrected chi connectivity index (χ0v) is 18.8. The monoisotopic (exact) mass is 462 g/mol. The highest BCUT2D eigenvalue weighted by Gasteiger charge is 2.21. The first-order chi connectivity index (χ1) is 15.5. The minimum atomic E-state index is -0.605. The summed E-state index contributed by atoms with van der Waals surface area (Å²) in [5.74, 6) is -0.250. The molecule has 0 unspecified atom stereocenters. The smallest absolute Gasteiger partial charge is 0.254 e. The number of nitrogens with one attached hydrogen (secondary N) is 3. The van der Waals surface area contributed by atoms with Gasteiger partial charge in [-0.25, -0.2) is 9.37 Å². The van der Waals surface area contributed by atoms with Gasteiger partial charge in [0.1, 0.15) is 10.8 Å². The number of carbonyl (C=O) groups excluding carboxylic acids is 1. The highest BCUT2D eigenvalue weighted by atomic mass is 35.5. The molecule has 2 aliphatic rings. The lowest BCUT2D eigenvalue weighted by atomic mass is 10.0. The molecule has 1 atom stereocenters. The Morgan fingerprint density at radius 3 is 2.84 bits per heavy atom. The number of rotatable bonds is 7. The van der Waals surface area contributed by atoms with Gasteiger partial charge in [0, 0.05) is 24.9 Å². The standard InChI is InChI=1S/C22H28ClFN6O2/c1-30-8-6-14(7-9-30)27-21(31)17-5-4-15(11-19(17)24)28-22-26-13-18(23)20(29-22)25-12-16-3-2-10-32-16/h4-5,11,13-14,16H,2-3,6-10,12H2,1H3,(H,27,31)(H2,25,26,28,29)/t16-/m1/s1. The predicted octanol–water partition coefficient (Wildman–Crippen LogP) is 3.43. The van der Waals surface area contributed by atoms with Crippen LogP contribution in [0.2, 0.25) is 5.02 Å². The maximum absolute atomic E-state index is 14.7. The van der Waals surface area contributed by atoms with Crippen LogP contribution in [0.5, 0.6) is 0 Å². The number of hydrogen-bond acceptors (Lipinski definition) is 7. The summed E-state index contributed by atoms with van der Waals surface area (Å²) in [6.45, 7) is 3.21. The van der Waals surface area contributed by atoms with Crippen molar-refractivity contribution in [3.8, 4) is 0 Å². The van der Waals surface area contributed by atoms with Crippen molar-refractivity contribution in [3.63, 3.8) is 0 Å². The Balaban J connectivity index is 1.37. The second-order valence-corrected chi connectivity index (χ2v) is 8.68. The summed E-state index contributed by atoms with van der Waals surface area (Å²) in [4.78, 5) is 23.2. The van der Waals surface area contributed by atoms with E-state index in [2.05, 4.69) is 37.9 Å². The second-order valence-electron chi connectivity index (χ2n) is 8.28. The van der Waals surface area contributed by atoms with Crippen molar-refractivity contribution in [2.24, 2.45) is 0 Å². The first-order valence-electron chi connectivity index (χ1n) is 10.9. The molecule has 10 heteroatoms. The molecule has 2 aromatic rings. The van der Waals surface area contributed by atoms with Crippen molar-refractivity contribution < 1.29 is 13.9 Å². The molecule has 4 rings (SSSR count). The van der Waals surface area contributed by atoms with Gasteiger partial charge < -0.3 is 25.6 Å². The molecule has 1 aromatic heterocycles. The molecular formula is C22H28ClFN6O2. The van der Waals surface area contributed by atoms with Crippen molar-refractivity contribution in [1.29, 1.82) is 0 Å². The average Bonchev–Trinajstić information content (AvgIpc) is 3.29. The van der Waals surface area contributed by atoms with Crippen LogP contribution in [0, 0.1) is 5.82 Å². The lowest BCUT2D eigenvalue weighted by molar-refractivity contribution is 0.0913. The molecule has 0 radical (unpaired) electrons. The quantitative estimate of drug-likeness (QED) is 0.580. The third-order valence-corrected chi connectivity index (χ3v) is 6.07. The highest BCUT2D eigenvalue weighted by Crippen LogP contribution is 2.23. The van der Waals surface area contributed by atoms with E-state index in [-0.39, 0.29) is 23.7 Å². The van der Waals surface area contributed by atoms with Gasteiger partial charge >= 0.3 is 0 Å². The van der Waals surface area contributed by atoms with Crippen LogP contribution in [0.4, 0.5) is 21.8 Å². The fourth-order valence-corrected chi connectivity index (χ4v) is 4.05. The average molecular weight is 463 g/mol. The Morgan fingerprint density at radius 1 is 1.31 bits per heavy atom. The van der Waals surface area contributed by atoms with Crippen molar-refractivity contribution in [1.82, 2.24) is 20.2 Å². The summed E-state index contributed by atoms with van der Waals surface area (Å²) in [5.41, 5.74) is 0.455. The molecular weight excluding hydrogens is 435 g/mol. The van der Waals surface area contributed by atoms with Gasteiger partial charge in [-0.3, -0.25) is 4.79 Å². The van der Waals surface area contributed by atoms with Crippen molar-refractivity contribution in [3.05, 3.63) is 40.8 Å². The van der Waals surface area contributed by atoms with Crippen molar-refractivity contribution in [2.45, 2.75) is 37.8 Å². The summed E-state index contributed by atoms with van der Waals surface area (Å²) in [6.07, 6.45) is 5.39. The predicted molar refractivity (Wildman–Crippen MR) is 122 cm³/mol. The number of halogens is 2. The van der Waals surface area contributed by atoms with Crippen LogP contribution in [-0.2, 0) is 4.74 Å². The maximum atomic E-state index is 14.7. The second kappa shape index (κ2) is 10.4. The summed E-state index contributed by atoms with van der Waals surface area (Å²) in [6, 6.07) is 4.43. The van der Waals surface area contributed by atoms with Gasteiger partial charge in [-0.15, -0.1) is 0 Å². The van der Waals surface area contributed by atoms with Gasteiger partial charge in [0.05, 0.1) is 17.9 Å². The summed E-state index contributed by atoms with van der Waals surface area (Å²) >= 11 is 6.19. The van der Waals surface area contributed by atoms with E-state index in [0.717, 1.165) is 45.4 Å². The SMILES string of the molecule is CN1CCC(NC(=O)c2ccc(Nc3ncc(Cl)c(NC[C@H]4CCCO4)n3)cc2F)CC1. The Labute approximate surface area is 191 Å². The first-order valence-corrected chi connectivity index (χ1v) is 11.3. The molecule has 3 heterocycles. The number of hydrogen-bond donors (Lipinski definition) is 3. The molecule has 172 valence electrons. The molecule has 32 heavy (non-hydrogen) atoms. The third kappa shape index (κ3) is 5.85. The number of ether oxygens (including phenoxy) is 1. The van der Waals surface area contributed by atoms with Gasteiger partial charge in [-0.1, -0.05) is 11.6 Å². The Hall–Kier alpha value is -2.49. The van der Waals surface area contributed by atoms with Gasteiger partial charge in [0.25, 0.3) is 5.91 Å². The minimum absolute atomic E-state index is 0.0189. The van der Waals surface area contributed by atoms with E-state index in [0.29, 0.717) is 23.1 Å². The molecule has 0 aliphatic carbocycles. The van der Waals surface area contributed by atoms with E-state index >= 15 is 0 Å². The summed E-state index contributed by atoms with van der Waals surface area (Å²) in [7, 11) is 2.05. The maximum Gasteiger partial charge on any atom is 0.254 e. The molecule has 2 aliphatic heterocycles. The largest absolute Gasteiger partial charge is 0.376 e. The van der Waals surface area contributed by atoms with E-state index in [4.69, 9.17) is 16.3 Å². The van der Waals surface area contributed by atoms with Gasteiger partial charge in [-0.2, -0.15) is 4.98 Å². The number of piperidine rings is 1. The molecule has 0 spiro atoms. The van der Waals surface area contributed by atoms with E-state index in [9.17, 15) is 9.18 Å². The number of likely N-dealkylation sites (tertiary alicyclic amines) is 1. The number of amides is 1. The summed E-state index contributed by atoms with van der Waals surface area (Å²) < 4.78 is 20.3. The topological polar surface area (TPSA) is 91.4 Å². The normalized spacial score (nSPS) is 19.7. The molecule has 0 saturated carbocycles. The van der Waals surface area contributed by atoms with Crippen LogP contribution in [0.3, 0.4) is 0 Å². The number of carbonyl (C=O) groups is 1. The van der Waals surface area contributed by atoms with Crippen LogP contribution in [0.1, 0.15) is 36.0 Å². The fraction of sp³-hybridized carbons (Fsp3) is 0.500. The van der Waals surface area contributed by atoms with Crippen LogP contribution in [0.15, 0.2) is 24.4 Å². The number of aromatic nitrogens is 2. The highest BCUT2D eigenvalue weighted by molar-refractivity contribution is 6.32. The first kappa shape index (κ1) is 22.7. The van der Waals surface area contributed by atoms with Crippen LogP contribution < -0.4 is 16.0 Å². The zero-order chi connectivity index (χ0) is 22.5. The van der Waals surface area contributed by atoms with E-state index in [1.807, 2.05) is 0 Å². The zero-order valence-electron chi connectivity index (χ0n) is 18.0. The number of nitrogens with zero attached hydrogens (tertiary/aromatic N) is 3. The van der Waals surface area contributed by atoms with Crippen LogP contribution in [0.25, 0.3) is 0 Å². The fourth-order valence-electron chi connectivity index (χ4n) is 3.89. The van der Waals surface area contributed by atoms with Crippen molar-refractivity contribution >= 4 is 35.0 Å². The Bertz CT molecular complexity index is 948. The number of anilines is 3. The molecule has 1 aromatic carbocycles. The molecule has 2 saturated heterocycles. The molecule has 1 amide bonds. The molecule has 8 nitrogen and oxygen atoms in total. The van der Waals surface area contributed by atoms with Gasteiger partial charge in [0.15, 0.2) is 5.82 Å². The third-order valence-electron chi connectivity index (χ3n) is 5.79. The summed E-state index contributed by atoms with van der Waals surface area (Å²) in [5, 5.41) is 9.47. The van der Waals surface area contributed by atoms with Crippen LogP contribution >= 0.6 is 11.6 Å². The molecule has 0 bridgehead atoms. The molecule has 2 fully saturated rings. The van der Waals surface area contributed by atoms with E-state index < -0.39 is 11.7 Å². The van der Waals surface area contributed by atoms with Crippen molar-refractivity contribution in [2.75, 3.05) is 43.9 Å². The minimum Gasteiger partial charge on any atom is -0.376 e. The van der Waals surface area contributed by atoms with E-state index in [1.165, 1.54) is 18.3 Å². The molecule has 3 N–H and O–H groups in total. The number of benzene rings is 1. The lowest BCUT2D eigenvalue weighted by Crippen LogP contribution is -2.43. The lowest BCUT2D eigenvalue weighted by Gasteiger charge is -2.29. The van der Waals surface area contributed by atoms with Gasteiger partial charge in [-0.05, 0) is 64.0 Å². The van der Waals surface area contributed by atoms with Gasteiger partial charge in [0.2, 0.25) is 5.95 Å². The Morgan fingerprint density at radius 2 is 2.12 bits per heavy atom. The van der Waals surface area contributed by atoms with Crippen LogP contribution in [-0.4, -0.2) is 66.2 Å². The Kier molecular flexibility index (Phi) is 7.39. The van der Waals surface area contributed by atoms with E-state index in [1.54, 1.807) is 6.07 Å².